The molecule has 12 nitrogen and oxygen atoms in total. The van der Waals surface area contributed by atoms with E-state index >= 15 is 0 Å². The molecule has 196 valence electrons. The first kappa shape index (κ1) is 27.0. The van der Waals surface area contributed by atoms with Gasteiger partial charge in [0.05, 0.1) is 13.1 Å². The molecule has 1 fully saturated rings. The second kappa shape index (κ2) is 12.9. The Hall–Kier alpha value is -3.61. The number of hydrogen-bond acceptors (Lipinski definition) is 8. The van der Waals surface area contributed by atoms with Crippen LogP contribution >= 0.6 is 0 Å². The number of amides is 1. The zero-order valence-electron chi connectivity index (χ0n) is 20.0. The van der Waals surface area contributed by atoms with E-state index in [4.69, 9.17) is 0 Å². The van der Waals surface area contributed by atoms with Gasteiger partial charge in [-0.15, -0.1) is 0 Å². The van der Waals surface area contributed by atoms with E-state index in [1.165, 1.54) is 16.7 Å². The lowest BCUT2D eigenvalue weighted by Crippen LogP contribution is -2.40. The van der Waals surface area contributed by atoms with E-state index in [1.54, 1.807) is 12.1 Å². The largest absolute Gasteiger partial charge is 0.494 e. The number of carboxylic acids is 2. The van der Waals surface area contributed by atoms with Crippen molar-refractivity contribution in [1.82, 2.24) is 24.6 Å². The number of carboxylic acid groups (broad SMARTS) is 2. The van der Waals surface area contributed by atoms with Gasteiger partial charge in [0, 0.05) is 76.6 Å². The summed E-state index contributed by atoms with van der Waals surface area (Å²) in [5, 5.41) is 40.5. The van der Waals surface area contributed by atoms with Crippen LogP contribution in [0.2, 0.25) is 0 Å². The van der Waals surface area contributed by atoms with Gasteiger partial charge in [-0.3, -0.25) is 33.7 Å². The van der Waals surface area contributed by atoms with Crippen molar-refractivity contribution in [3.05, 3.63) is 47.5 Å². The maximum atomic E-state index is 12.5. The summed E-state index contributed by atoms with van der Waals surface area (Å²) < 4.78 is 1.28. The number of aromatic hydroxyl groups is 2. The first-order valence-corrected chi connectivity index (χ1v) is 11.8. The number of hydrogen-bond donors (Lipinski definition) is 5. The maximum absolute atomic E-state index is 12.5. The van der Waals surface area contributed by atoms with E-state index in [-0.39, 0.29) is 43.8 Å². The van der Waals surface area contributed by atoms with Crippen molar-refractivity contribution in [2.24, 2.45) is 0 Å². The van der Waals surface area contributed by atoms with Gasteiger partial charge in [-0.2, -0.15) is 0 Å². The van der Waals surface area contributed by atoms with Gasteiger partial charge in [0.2, 0.25) is 0 Å². The standard InChI is InChI=1S/C24H33N5O7/c30-20-5-6-21(31)29(20)8-7-25-24(36)19-3-1-18(2-4-19)15-26-9-11-27(16-22(32)33)13-14-28(12-10-26)17-23(34)35/h1-6,30-31H,7-17H2,(H,25,36)(H,32,33)(H,34,35). The molecule has 1 saturated heterocycles. The van der Waals surface area contributed by atoms with Crippen LogP contribution in [0.3, 0.4) is 0 Å². The minimum atomic E-state index is -0.915. The van der Waals surface area contributed by atoms with Crippen LogP contribution in [0, 0.1) is 0 Å². The fourth-order valence-electron chi connectivity index (χ4n) is 4.12. The lowest BCUT2D eigenvalue weighted by atomic mass is 10.1. The molecule has 1 amide bonds. The molecule has 0 saturated carbocycles. The number of aliphatic carboxylic acids is 2. The summed E-state index contributed by atoms with van der Waals surface area (Å²) >= 11 is 0. The molecule has 2 heterocycles. The Balaban J connectivity index is 1.56. The normalized spacial score (nSPS) is 16.1. The molecule has 0 radical (unpaired) electrons. The Morgan fingerprint density at radius 3 is 1.67 bits per heavy atom. The van der Waals surface area contributed by atoms with Gasteiger partial charge in [0.1, 0.15) is 0 Å². The summed E-state index contributed by atoms with van der Waals surface area (Å²) in [4.78, 5) is 40.6. The van der Waals surface area contributed by atoms with Gasteiger partial charge in [-0.1, -0.05) is 12.1 Å². The Morgan fingerprint density at radius 1 is 0.722 bits per heavy atom. The van der Waals surface area contributed by atoms with Gasteiger partial charge in [-0.05, 0) is 17.7 Å². The Kier molecular flexibility index (Phi) is 9.68. The van der Waals surface area contributed by atoms with Gasteiger partial charge in [0.25, 0.3) is 5.91 Å². The molecule has 0 atom stereocenters. The lowest BCUT2D eigenvalue weighted by Gasteiger charge is -2.25. The van der Waals surface area contributed by atoms with Crippen LogP contribution in [0.5, 0.6) is 11.8 Å². The number of benzene rings is 1. The molecule has 0 spiro atoms. The van der Waals surface area contributed by atoms with Crippen LogP contribution in [-0.2, 0) is 22.7 Å². The highest BCUT2D eigenvalue weighted by molar-refractivity contribution is 5.94. The molecule has 1 aromatic heterocycles. The molecule has 1 aliphatic rings. The molecule has 12 heteroatoms. The van der Waals surface area contributed by atoms with Gasteiger partial charge < -0.3 is 25.7 Å². The molecule has 2 aromatic rings. The lowest BCUT2D eigenvalue weighted by molar-refractivity contribution is -0.140. The molecule has 5 N–H and O–H groups in total. The van der Waals surface area contributed by atoms with Crippen LogP contribution < -0.4 is 5.32 Å². The highest BCUT2D eigenvalue weighted by atomic mass is 16.4. The van der Waals surface area contributed by atoms with Crippen molar-refractivity contribution in [1.29, 1.82) is 0 Å². The SMILES string of the molecule is O=C(O)CN1CCN(CC(=O)O)CCN(Cc2ccc(C(=O)NCCn3c(O)ccc3O)cc2)CC1. The zero-order valence-corrected chi connectivity index (χ0v) is 20.0. The van der Waals surface area contributed by atoms with E-state index in [2.05, 4.69) is 10.2 Å². The summed E-state index contributed by atoms with van der Waals surface area (Å²) in [6, 6.07) is 9.90. The van der Waals surface area contributed by atoms with E-state index in [9.17, 15) is 34.8 Å². The minimum absolute atomic E-state index is 0.0804. The highest BCUT2D eigenvalue weighted by Gasteiger charge is 2.19. The molecule has 36 heavy (non-hydrogen) atoms. The topological polar surface area (TPSA) is 159 Å². The van der Waals surface area contributed by atoms with Crippen molar-refractivity contribution in [2.45, 2.75) is 13.1 Å². The van der Waals surface area contributed by atoms with E-state index < -0.39 is 11.9 Å². The van der Waals surface area contributed by atoms with Crippen LogP contribution in [-0.4, -0.2) is 116 Å². The molecular formula is C24H33N5O7. The number of carbonyl (C=O) groups is 3. The Bertz CT molecular complexity index is 992. The van der Waals surface area contributed by atoms with Crippen LogP contribution in [0.4, 0.5) is 0 Å². The number of nitrogens with zero attached hydrogens (tertiary/aromatic N) is 4. The fourth-order valence-corrected chi connectivity index (χ4v) is 4.12. The Labute approximate surface area is 209 Å². The van der Waals surface area contributed by atoms with E-state index in [0.717, 1.165) is 5.56 Å². The average molecular weight is 504 g/mol. The van der Waals surface area contributed by atoms with Crippen molar-refractivity contribution in [3.8, 4) is 11.8 Å². The maximum Gasteiger partial charge on any atom is 0.317 e. The number of carbonyl (C=O) groups excluding carboxylic acids is 1. The van der Waals surface area contributed by atoms with Crippen molar-refractivity contribution in [2.75, 3.05) is 58.9 Å². The average Bonchev–Trinajstić information content (AvgIpc) is 3.18. The summed E-state index contributed by atoms with van der Waals surface area (Å²) in [6.07, 6.45) is 0. The molecule has 1 aliphatic heterocycles. The fraction of sp³-hybridized carbons (Fsp3) is 0.458. The third kappa shape index (κ3) is 8.26. The van der Waals surface area contributed by atoms with Crippen LogP contribution in [0.1, 0.15) is 15.9 Å². The third-order valence-corrected chi connectivity index (χ3v) is 6.09. The predicted molar refractivity (Wildman–Crippen MR) is 130 cm³/mol. The summed E-state index contributed by atoms with van der Waals surface area (Å²) in [5.74, 6) is -2.27. The number of nitrogens with one attached hydrogen (secondary N) is 1. The Morgan fingerprint density at radius 2 is 1.19 bits per heavy atom. The van der Waals surface area contributed by atoms with E-state index in [0.29, 0.717) is 51.4 Å². The van der Waals surface area contributed by atoms with Gasteiger partial charge in [-0.25, -0.2) is 0 Å². The van der Waals surface area contributed by atoms with Crippen molar-refractivity contribution < 1.29 is 34.8 Å². The predicted octanol–water partition coefficient (Wildman–Crippen LogP) is -0.0819. The second-order valence-electron chi connectivity index (χ2n) is 8.77. The van der Waals surface area contributed by atoms with Crippen LogP contribution in [0.15, 0.2) is 36.4 Å². The first-order valence-electron chi connectivity index (χ1n) is 11.8. The summed E-state index contributed by atoms with van der Waals surface area (Å²) in [5.41, 5.74) is 1.45. The van der Waals surface area contributed by atoms with Crippen LogP contribution in [0.25, 0.3) is 0 Å². The van der Waals surface area contributed by atoms with Crippen molar-refractivity contribution in [3.63, 3.8) is 0 Å². The molecular weight excluding hydrogens is 470 g/mol. The summed E-state index contributed by atoms with van der Waals surface area (Å²) in [6.45, 7) is 4.19. The third-order valence-electron chi connectivity index (χ3n) is 6.09. The monoisotopic (exact) mass is 503 g/mol. The number of rotatable bonds is 10. The zero-order chi connectivity index (χ0) is 26.1. The van der Waals surface area contributed by atoms with E-state index in [1.807, 2.05) is 21.9 Å². The summed E-state index contributed by atoms with van der Waals surface area (Å²) in [7, 11) is 0. The minimum Gasteiger partial charge on any atom is -0.494 e. The molecule has 3 rings (SSSR count). The second-order valence-corrected chi connectivity index (χ2v) is 8.77. The first-order chi connectivity index (χ1) is 17.2. The quantitative estimate of drug-likeness (QED) is 0.297. The molecule has 0 bridgehead atoms. The molecule has 0 unspecified atom stereocenters. The van der Waals surface area contributed by atoms with Gasteiger partial charge >= 0.3 is 11.9 Å². The molecule has 1 aromatic carbocycles. The number of aromatic nitrogens is 1. The molecule has 0 aliphatic carbocycles. The highest BCUT2D eigenvalue weighted by Crippen LogP contribution is 2.20. The van der Waals surface area contributed by atoms with Gasteiger partial charge in [0.15, 0.2) is 11.8 Å². The van der Waals surface area contributed by atoms with Crippen molar-refractivity contribution >= 4 is 17.8 Å². The smallest absolute Gasteiger partial charge is 0.317 e.